The van der Waals surface area contributed by atoms with E-state index in [9.17, 15) is 9.90 Å². The van der Waals surface area contributed by atoms with Gasteiger partial charge in [-0.05, 0) is 30.4 Å². The number of aromatic amines is 1. The van der Waals surface area contributed by atoms with E-state index in [-0.39, 0.29) is 11.9 Å². The Kier molecular flexibility index (Phi) is 6.11. The van der Waals surface area contributed by atoms with E-state index < -0.39 is 17.4 Å². The van der Waals surface area contributed by atoms with Gasteiger partial charge in [0.05, 0.1) is 16.4 Å². The predicted molar refractivity (Wildman–Crippen MR) is 128 cm³/mol. The van der Waals surface area contributed by atoms with Gasteiger partial charge in [0, 0.05) is 19.0 Å². The zero-order chi connectivity index (χ0) is 23.8. The van der Waals surface area contributed by atoms with Crippen molar-refractivity contribution in [1.29, 1.82) is 0 Å². The number of nitrogens with zero attached hydrogens (tertiary/aromatic N) is 5. The van der Waals surface area contributed by atoms with E-state index in [1.807, 2.05) is 45.0 Å². The quantitative estimate of drug-likeness (QED) is 0.374. The molecule has 33 heavy (non-hydrogen) atoms. The van der Waals surface area contributed by atoms with Crippen LogP contribution in [0.4, 0.5) is 29.4 Å². The molecule has 4 rings (SSSR count). The molecule has 2 heterocycles. The van der Waals surface area contributed by atoms with Gasteiger partial charge >= 0.3 is 5.97 Å². The number of nitrogens with one attached hydrogen (secondary N) is 3. The molecule has 1 aliphatic rings. The lowest BCUT2D eigenvalue weighted by Gasteiger charge is -2.28. The Labute approximate surface area is 196 Å². The maximum absolute atomic E-state index is 11.9. The second kappa shape index (κ2) is 8.86. The zero-order valence-electron chi connectivity index (χ0n) is 18.9. The van der Waals surface area contributed by atoms with Crippen LogP contribution in [0.2, 0.25) is 5.02 Å². The van der Waals surface area contributed by atoms with Crippen molar-refractivity contribution < 1.29 is 9.90 Å². The van der Waals surface area contributed by atoms with E-state index in [1.54, 1.807) is 18.0 Å². The third-order valence-corrected chi connectivity index (χ3v) is 5.68. The summed E-state index contributed by atoms with van der Waals surface area (Å²) < 4.78 is 0. The van der Waals surface area contributed by atoms with Crippen molar-refractivity contribution in [2.75, 3.05) is 22.6 Å². The Morgan fingerprint density at radius 1 is 1.21 bits per heavy atom. The molecule has 0 aliphatic heterocycles. The first-order valence-electron chi connectivity index (χ1n) is 10.7. The predicted octanol–water partition coefficient (Wildman–Crippen LogP) is 4.55. The summed E-state index contributed by atoms with van der Waals surface area (Å²) in [5, 5.41) is 23.6. The highest BCUT2D eigenvalue weighted by Gasteiger charge is 2.32. The topological polar surface area (TPSA) is 132 Å². The van der Waals surface area contributed by atoms with Crippen LogP contribution in [0.25, 0.3) is 0 Å². The Balaban J connectivity index is 1.69. The van der Waals surface area contributed by atoms with Crippen LogP contribution in [0.1, 0.15) is 45.2 Å². The molecule has 1 atom stereocenters. The zero-order valence-corrected chi connectivity index (χ0v) is 19.7. The molecule has 2 aromatic heterocycles. The number of carbonyl (C=O) groups is 1. The summed E-state index contributed by atoms with van der Waals surface area (Å²) in [6, 6.07) is 8.33. The van der Waals surface area contributed by atoms with Gasteiger partial charge in [-0.25, -0.2) is 4.79 Å². The fourth-order valence-electron chi connectivity index (χ4n) is 3.35. The largest absolute Gasteiger partial charge is 0.480 e. The van der Waals surface area contributed by atoms with Gasteiger partial charge in [0.15, 0.2) is 0 Å². The molecule has 3 aromatic rings. The van der Waals surface area contributed by atoms with Crippen molar-refractivity contribution >= 4 is 46.9 Å². The molecular weight excluding hydrogens is 444 g/mol. The molecule has 11 heteroatoms. The van der Waals surface area contributed by atoms with E-state index in [4.69, 9.17) is 11.6 Å². The van der Waals surface area contributed by atoms with E-state index in [0.717, 1.165) is 18.5 Å². The van der Waals surface area contributed by atoms with Crippen molar-refractivity contribution in [1.82, 2.24) is 25.1 Å². The second-order valence-corrected chi connectivity index (χ2v) is 9.59. The lowest BCUT2D eigenvalue weighted by Crippen LogP contribution is -2.41. The minimum Gasteiger partial charge on any atom is -0.480 e. The summed E-state index contributed by atoms with van der Waals surface area (Å²) in [5.41, 5.74) is 1.12. The number of rotatable bonds is 8. The summed E-state index contributed by atoms with van der Waals surface area (Å²) >= 11 is 6.37. The molecule has 4 N–H and O–H groups in total. The van der Waals surface area contributed by atoms with Gasteiger partial charge in [-0.15, -0.1) is 0 Å². The number of hydrogen-bond acceptors (Lipinski definition) is 8. The monoisotopic (exact) mass is 470 g/mol. The summed E-state index contributed by atoms with van der Waals surface area (Å²) in [6.45, 7) is 5.50. The van der Waals surface area contributed by atoms with E-state index in [0.29, 0.717) is 28.4 Å². The average Bonchev–Trinajstić information content (AvgIpc) is 3.50. The molecule has 1 fully saturated rings. The standard InChI is InChI=1S/C22H27ClN8O2/c1-22(2,3)17(18(32)33)25-20-26-19(24-16-11-14(29-30-16)12-9-10-12)27-21(28-20)31(4)15-8-6-5-7-13(15)23/h5-8,11-12,17H,9-10H2,1-4H3,(H,32,33)(H3,24,25,26,27,28,29,30)/t17-/m1/s1. The van der Waals surface area contributed by atoms with Crippen molar-refractivity contribution in [2.45, 2.75) is 45.6 Å². The van der Waals surface area contributed by atoms with Crippen LogP contribution >= 0.6 is 11.6 Å². The fourth-order valence-corrected chi connectivity index (χ4v) is 3.62. The number of halogens is 1. The molecule has 0 radical (unpaired) electrons. The molecule has 174 valence electrons. The molecule has 0 spiro atoms. The normalized spacial score (nSPS) is 14.6. The number of aromatic nitrogens is 5. The molecule has 0 unspecified atom stereocenters. The lowest BCUT2D eigenvalue weighted by atomic mass is 9.87. The molecular formula is C22H27ClN8O2. The molecule has 1 aliphatic carbocycles. The summed E-state index contributed by atoms with van der Waals surface area (Å²) in [7, 11) is 1.78. The molecule has 1 saturated carbocycles. The summed E-state index contributed by atoms with van der Waals surface area (Å²) in [5.74, 6) is 0.809. The molecule has 0 amide bonds. The molecule has 0 bridgehead atoms. The van der Waals surface area contributed by atoms with E-state index in [2.05, 4.69) is 35.8 Å². The van der Waals surface area contributed by atoms with Crippen LogP contribution in [0, 0.1) is 5.41 Å². The lowest BCUT2D eigenvalue weighted by molar-refractivity contribution is -0.140. The first-order chi connectivity index (χ1) is 15.6. The van der Waals surface area contributed by atoms with Crippen LogP contribution < -0.4 is 15.5 Å². The van der Waals surface area contributed by atoms with Gasteiger partial charge in [-0.3, -0.25) is 5.10 Å². The smallest absolute Gasteiger partial charge is 0.326 e. The Bertz CT molecular complexity index is 1160. The van der Waals surface area contributed by atoms with Gasteiger partial charge in [0.25, 0.3) is 0 Å². The van der Waals surface area contributed by atoms with Crippen LogP contribution in [0.15, 0.2) is 30.3 Å². The minimum atomic E-state index is -0.999. The maximum atomic E-state index is 11.9. The highest BCUT2D eigenvalue weighted by Crippen LogP contribution is 2.39. The number of carboxylic acid groups (broad SMARTS) is 1. The number of carboxylic acids is 1. The van der Waals surface area contributed by atoms with E-state index >= 15 is 0 Å². The van der Waals surface area contributed by atoms with E-state index in [1.165, 1.54) is 0 Å². The molecule has 10 nitrogen and oxygen atoms in total. The molecule has 0 saturated heterocycles. The number of anilines is 5. The van der Waals surface area contributed by atoms with Crippen molar-refractivity contribution in [2.24, 2.45) is 5.41 Å². The fraction of sp³-hybridized carbons (Fsp3) is 0.409. The average molecular weight is 471 g/mol. The molecule has 1 aromatic carbocycles. The number of hydrogen-bond donors (Lipinski definition) is 4. The van der Waals surface area contributed by atoms with Gasteiger partial charge in [0.2, 0.25) is 17.8 Å². The SMILES string of the molecule is CN(c1nc(Nc2cc(C3CC3)n[nH]2)nc(N[C@H](C(=O)O)C(C)(C)C)n1)c1ccccc1Cl. The maximum Gasteiger partial charge on any atom is 0.326 e. The van der Waals surface area contributed by atoms with Gasteiger partial charge in [-0.2, -0.15) is 20.1 Å². The van der Waals surface area contributed by atoms with Crippen molar-refractivity contribution in [3.05, 3.63) is 41.0 Å². The Morgan fingerprint density at radius 2 is 1.91 bits per heavy atom. The van der Waals surface area contributed by atoms with Crippen molar-refractivity contribution in [3.63, 3.8) is 0 Å². The number of benzene rings is 1. The number of para-hydroxylation sites is 1. The Hall–Kier alpha value is -3.40. The second-order valence-electron chi connectivity index (χ2n) is 9.18. The van der Waals surface area contributed by atoms with Gasteiger partial charge in [-0.1, -0.05) is 44.5 Å². The third-order valence-electron chi connectivity index (χ3n) is 5.36. The van der Waals surface area contributed by atoms with Crippen LogP contribution in [-0.4, -0.2) is 49.3 Å². The van der Waals surface area contributed by atoms with Crippen LogP contribution in [-0.2, 0) is 4.79 Å². The first-order valence-corrected chi connectivity index (χ1v) is 11.1. The number of aliphatic carboxylic acids is 1. The van der Waals surface area contributed by atoms with Crippen LogP contribution in [0.3, 0.4) is 0 Å². The summed E-state index contributed by atoms with van der Waals surface area (Å²) in [6.07, 6.45) is 2.28. The van der Waals surface area contributed by atoms with Gasteiger partial charge in [0.1, 0.15) is 11.9 Å². The van der Waals surface area contributed by atoms with Crippen LogP contribution in [0.5, 0.6) is 0 Å². The number of H-pyrrole nitrogens is 1. The summed E-state index contributed by atoms with van der Waals surface area (Å²) in [4.78, 5) is 27.0. The highest BCUT2D eigenvalue weighted by molar-refractivity contribution is 6.33. The first kappa shape index (κ1) is 22.8. The van der Waals surface area contributed by atoms with Crippen molar-refractivity contribution in [3.8, 4) is 0 Å². The highest BCUT2D eigenvalue weighted by atomic mass is 35.5. The van der Waals surface area contributed by atoms with Gasteiger partial charge < -0.3 is 20.6 Å². The minimum absolute atomic E-state index is 0.130. The third kappa shape index (κ3) is 5.33. The Morgan fingerprint density at radius 3 is 2.55 bits per heavy atom.